The molecular weight excluding hydrogens is 403 g/mol. The average molecular weight is 416 g/mol. The van der Waals surface area contributed by atoms with E-state index in [-0.39, 0.29) is 22.0 Å². The summed E-state index contributed by atoms with van der Waals surface area (Å²) in [5, 5.41) is 2.56. The van der Waals surface area contributed by atoms with E-state index in [0.29, 0.717) is 4.47 Å². The highest BCUT2D eigenvalue weighted by Crippen LogP contribution is 2.24. The predicted octanol–water partition coefficient (Wildman–Crippen LogP) is 4.01. The summed E-state index contributed by atoms with van der Waals surface area (Å²) in [4.78, 5) is 24.1. The van der Waals surface area contributed by atoms with E-state index in [2.05, 4.69) is 21.2 Å². The van der Waals surface area contributed by atoms with E-state index < -0.39 is 23.8 Å². The van der Waals surface area contributed by atoms with Crippen molar-refractivity contribution >= 4 is 50.8 Å². The molecule has 0 bridgehead atoms. The van der Waals surface area contributed by atoms with Crippen molar-refractivity contribution in [2.24, 2.45) is 0 Å². The fourth-order valence-corrected chi connectivity index (χ4v) is 2.33. The molecule has 1 atom stereocenters. The lowest BCUT2D eigenvalue weighted by Gasteiger charge is -2.15. The number of anilines is 2. The number of hydrogen-bond acceptors (Lipinski definition) is 4. The van der Waals surface area contributed by atoms with Crippen molar-refractivity contribution in [2.75, 3.05) is 11.1 Å². The van der Waals surface area contributed by atoms with Gasteiger partial charge in [0.15, 0.2) is 6.10 Å². The number of rotatable bonds is 4. The fourth-order valence-electron chi connectivity index (χ4n) is 1.82. The quantitative estimate of drug-likeness (QED) is 0.584. The zero-order valence-electron chi connectivity index (χ0n) is 12.5. The third-order valence-electron chi connectivity index (χ3n) is 3.11. The van der Waals surface area contributed by atoms with Crippen LogP contribution in [0.2, 0.25) is 5.02 Å². The maximum absolute atomic E-state index is 13.7. The summed E-state index contributed by atoms with van der Waals surface area (Å²) in [6.07, 6.45) is -1.15. The Morgan fingerprint density at radius 2 is 2.04 bits per heavy atom. The number of hydrogen-bond donors (Lipinski definition) is 2. The molecule has 8 heteroatoms. The highest BCUT2D eigenvalue weighted by Gasteiger charge is 2.22. The Balaban J connectivity index is 2.06. The first-order valence-corrected chi connectivity index (χ1v) is 7.97. The third-order valence-corrected chi connectivity index (χ3v) is 3.94. The van der Waals surface area contributed by atoms with E-state index in [1.54, 1.807) is 6.07 Å². The van der Waals surface area contributed by atoms with Crippen LogP contribution in [0.3, 0.4) is 0 Å². The lowest BCUT2D eigenvalue weighted by atomic mass is 10.2. The number of halogens is 3. The standard InChI is InChI=1S/C16H13BrClFN2O3/c1-8(15(22)21-13-6-5-9(17)7-12(13)19)24-16(23)10-3-2-4-11(18)14(10)20/h2-8H,20H2,1H3,(H,21,22). The molecule has 0 aliphatic rings. The summed E-state index contributed by atoms with van der Waals surface area (Å²) in [5.74, 6) is -2.09. The van der Waals surface area contributed by atoms with E-state index in [9.17, 15) is 14.0 Å². The van der Waals surface area contributed by atoms with Crippen molar-refractivity contribution in [3.05, 3.63) is 57.3 Å². The summed E-state index contributed by atoms with van der Waals surface area (Å²) in [6.45, 7) is 1.37. The Hall–Kier alpha value is -2.12. The SMILES string of the molecule is CC(OC(=O)c1cccc(Cl)c1N)C(=O)Nc1ccc(Br)cc1F. The van der Waals surface area contributed by atoms with Gasteiger partial charge in [0.25, 0.3) is 5.91 Å². The van der Waals surface area contributed by atoms with Gasteiger partial charge in [-0.15, -0.1) is 0 Å². The fraction of sp³-hybridized carbons (Fsp3) is 0.125. The molecule has 2 aromatic carbocycles. The Morgan fingerprint density at radius 3 is 2.71 bits per heavy atom. The second kappa shape index (κ2) is 7.63. The number of ether oxygens (including phenoxy) is 1. The minimum Gasteiger partial charge on any atom is -0.449 e. The van der Waals surface area contributed by atoms with E-state index in [4.69, 9.17) is 22.1 Å². The topological polar surface area (TPSA) is 81.4 Å². The van der Waals surface area contributed by atoms with Crippen LogP contribution in [0, 0.1) is 5.82 Å². The van der Waals surface area contributed by atoms with Gasteiger partial charge in [-0.25, -0.2) is 9.18 Å². The first kappa shape index (κ1) is 18.2. The minimum atomic E-state index is -1.15. The molecular formula is C16H13BrClFN2O3. The molecule has 0 spiro atoms. The van der Waals surface area contributed by atoms with E-state index in [0.717, 1.165) is 0 Å². The highest BCUT2D eigenvalue weighted by molar-refractivity contribution is 9.10. The zero-order valence-corrected chi connectivity index (χ0v) is 14.8. The number of esters is 1. The molecule has 0 radical (unpaired) electrons. The number of nitrogens with one attached hydrogen (secondary N) is 1. The maximum Gasteiger partial charge on any atom is 0.341 e. The van der Waals surface area contributed by atoms with Gasteiger partial charge < -0.3 is 15.8 Å². The predicted molar refractivity (Wildman–Crippen MR) is 93.5 cm³/mol. The molecule has 126 valence electrons. The Morgan fingerprint density at radius 1 is 1.33 bits per heavy atom. The van der Waals surface area contributed by atoms with Crippen LogP contribution in [0.1, 0.15) is 17.3 Å². The van der Waals surface area contributed by atoms with Crippen molar-refractivity contribution in [3.63, 3.8) is 0 Å². The monoisotopic (exact) mass is 414 g/mol. The number of benzene rings is 2. The van der Waals surface area contributed by atoms with Crippen molar-refractivity contribution in [2.45, 2.75) is 13.0 Å². The van der Waals surface area contributed by atoms with Gasteiger partial charge in [-0.05, 0) is 37.3 Å². The molecule has 0 fully saturated rings. The van der Waals surface area contributed by atoms with Gasteiger partial charge in [-0.1, -0.05) is 33.6 Å². The molecule has 2 aromatic rings. The number of para-hydroxylation sites is 1. The second-order valence-corrected chi connectivity index (χ2v) is 6.18. The zero-order chi connectivity index (χ0) is 17.9. The van der Waals surface area contributed by atoms with Crippen LogP contribution < -0.4 is 11.1 Å². The number of nitrogens with two attached hydrogens (primary N) is 1. The Kier molecular flexibility index (Phi) is 5.80. The number of carbonyl (C=O) groups excluding carboxylic acids is 2. The lowest BCUT2D eigenvalue weighted by Crippen LogP contribution is -2.30. The van der Waals surface area contributed by atoms with Gasteiger partial charge in [0, 0.05) is 4.47 Å². The van der Waals surface area contributed by atoms with Gasteiger partial charge in [0.1, 0.15) is 5.82 Å². The first-order valence-electron chi connectivity index (χ1n) is 6.80. The molecule has 1 unspecified atom stereocenters. The molecule has 0 aromatic heterocycles. The molecule has 5 nitrogen and oxygen atoms in total. The maximum atomic E-state index is 13.7. The second-order valence-electron chi connectivity index (χ2n) is 4.86. The van der Waals surface area contributed by atoms with Gasteiger partial charge in [0.2, 0.25) is 0 Å². The van der Waals surface area contributed by atoms with Crippen LogP contribution in [-0.2, 0) is 9.53 Å². The molecule has 0 saturated carbocycles. The molecule has 3 N–H and O–H groups in total. The summed E-state index contributed by atoms with van der Waals surface area (Å²) in [6, 6.07) is 8.67. The van der Waals surface area contributed by atoms with Crippen LogP contribution in [0.25, 0.3) is 0 Å². The van der Waals surface area contributed by atoms with Gasteiger partial charge in [-0.2, -0.15) is 0 Å². The van der Waals surface area contributed by atoms with Gasteiger partial charge in [0.05, 0.1) is 22.0 Å². The normalized spacial score (nSPS) is 11.7. The smallest absolute Gasteiger partial charge is 0.341 e. The summed E-state index contributed by atoms with van der Waals surface area (Å²) in [5.41, 5.74) is 5.80. The van der Waals surface area contributed by atoms with Crippen molar-refractivity contribution in [1.29, 1.82) is 0 Å². The van der Waals surface area contributed by atoms with Gasteiger partial charge in [-0.3, -0.25) is 4.79 Å². The van der Waals surface area contributed by atoms with Gasteiger partial charge >= 0.3 is 5.97 Å². The van der Waals surface area contributed by atoms with E-state index >= 15 is 0 Å². The highest BCUT2D eigenvalue weighted by atomic mass is 79.9. The molecule has 24 heavy (non-hydrogen) atoms. The summed E-state index contributed by atoms with van der Waals surface area (Å²) in [7, 11) is 0. The molecule has 0 aliphatic carbocycles. The van der Waals surface area contributed by atoms with E-state index in [1.807, 2.05) is 0 Å². The molecule has 0 saturated heterocycles. The molecule has 1 amide bonds. The van der Waals surface area contributed by atoms with Crippen LogP contribution in [-0.4, -0.2) is 18.0 Å². The molecule has 0 aliphatic heterocycles. The number of carbonyl (C=O) groups is 2. The Bertz CT molecular complexity index is 801. The Labute approximate surface area is 151 Å². The summed E-state index contributed by atoms with van der Waals surface area (Å²) < 4.78 is 19.3. The number of amides is 1. The number of nitrogen functional groups attached to an aromatic ring is 1. The minimum absolute atomic E-state index is 0.0200. The van der Waals surface area contributed by atoms with Crippen molar-refractivity contribution < 1.29 is 18.7 Å². The molecule has 0 heterocycles. The van der Waals surface area contributed by atoms with E-state index in [1.165, 1.54) is 37.3 Å². The first-order chi connectivity index (χ1) is 11.3. The third kappa shape index (κ3) is 4.24. The van der Waals surface area contributed by atoms with Crippen LogP contribution in [0.15, 0.2) is 40.9 Å². The summed E-state index contributed by atoms with van der Waals surface area (Å²) >= 11 is 8.95. The van der Waals surface area contributed by atoms with Crippen molar-refractivity contribution in [1.82, 2.24) is 0 Å². The molecule has 2 rings (SSSR count). The largest absolute Gasteiger partial charge is 0.449 e. The van der Waals surface area contributed by atoms with Crippen molar-refractivity contribution in [3.8, 4) is 0 Å². The average Bonchev–Trinajstić information content (AvgIpc) is 2.52. The van der Waals surface area contributed by atoms with Crippen LogP contribution in [0.5, 0.6) is 0 Å². The van der Waals surface area contributed by atoms with Crippen LogP contribution >= 0.6 is 27.5 Å². The lowest BCUT2D eigenvalue weighted by molar-refractivity contribution is -0.123. The van der Waals surface area contributed by atoms with Crippen LogP contribution in [0.4, 0.5) is 15.8 Å².